The van der Waals surface area contributed by atoms with Crippen LogP contribution in [0.2, 0.25) is 0 Å². The van der Waals surface area contributed by atoms with Gasteiger partial charge in [-0.2, -0.15) is 5.10 Å². The maximum Gasteiger partial charge on any atom is 0.223 e. The summed E-state index contributed by atoms with van der Waals surface area (Å²) in [6.07, 6.45) is 0. The van der Waals surface area contributed by atoms with Gasteiger partial charge in [-0.15, -0.1) is 0 Å². The van der Waals surface area contributed by atoms with Gasteiger partial charge in [0.2, 0.25) is 9.84 Å². The lowest BCUT2D eigenvalue weighted by Gasteiger charge is -2.11. The molecule has 2 heterocycles. The zero-order chi connectivity index (χ0) is 19.0. The van der Waals surface area contributed by atoms with Gasteiger partial charge < -0.3 is 5.32 Å². The average Bonchev–Trinajstić information content (AvgIpc) is 3.07. The van der Waals surface area contributed by atoms with Gasteiger partial charge in [-0.25, -0.2) is 17.8 Å². The van der Waals surface area contributed by atoms with E-state index in [1.807, 2.05) is 31.2 Å². The monoisotopic (exact) mass is 382 g/mol. The number of anilines is 2. The second-order valence-electron chi connectivity index (χ2n) is 6.05. The molecule has 0 aliphatic heterocycles. The molecule has 4 rings (SSSR count). The summed E-state index contributed by atoms with van der Waals surface area (Å²) in [7, 11) is -3.90. The van der Waals surface area contributed by atoms with Crippen LogP contribution in [0.3, 0.4) is 0 Å². The number of aromatic amines is 1. The number of hydrogen-bond acceptors (Lipinski definition) is 5. The highest BCUT2D eigenvalue weighted by Gasteiger charge is 2.21. The van der Waals surface area contributed by atoms with E-state index in [1.54, 1.807) is 6.07 Å². The van der Waals surface area contributed by atoms with E-state index in [9.17, 15) is 12.8 Å². The number of nitrogens with zero attached hydrogens (tertiary/aromatic N) is 2. The number of fused-ring (bicyclic) bond motifs is 1. The number of pyridine rings is 1. The summed E-state index contributed by atoms with van der Waals surface area (Å²) in [4.78, 5) is 4.31. The molecule has 6 nitrogen and oxygen atoms in total. The topological polar surface area (TPSA) is 87.7 Å². The van der Waals surface area contributed by atoms with Gasteiger partial charge in [0, 0.05) is 17.1 Å². The maximum atomic E-state index is 13.2. The molecular weight excluding hydrogens is 367 g/mol. The van der Waals surface area contributed by atoms with E-state index in [-0.39, 0.29) is 9.92 Å². The highest BCUT2D eigenvalue weighted by molar-refractivity contribution is 7.91. The molecule has 136 valence electrons. The Balaban J connectivity index is 1.87. The molecule has 0 bridgehead atoms. The normalized spacial score (nSPS) is 11.6. The van der Waals surface area contributed by atoms with Crippen LogP contribution in [0.15, 0.2) is 70.6 Å². The minimum Gasteiger partial charge on any atom is -0.323 e. The van der Waals surface area contributed by atoms with Crippen LogP contribution in [0.5, 0.6) is 0 Å². The first kappa shape index (κ1) is 17.2. The lowest BCUT2D eigenvalue weighted by atomic mass is 10.1. The van der Waals surface area contributed by atoms with Crippen molar-refractivity contribution in [3.63, 3.8) is 0 Å². The number of H-pyrrole nitrogens is 1. The van der Waals surface area contributed by atoms with Gasteiger partial charge in [0.15, 0.2) is 10.8 Å². The molecule has 0 unspecified atom stereocenters. The molecule has 0 atom stereocenters. The molecule has 0 spiro atoms. The molecule has 8 heteroatoms. The molecule has 0 amide bonds. The summed E-state index contributed by atoms with van der Waals surface area (Å²) < 4.78 is 39.1. The van der Waals surface area contributed by atoms with Crippen molar-refractivity contribution in [1.29, 1.82) is 0 Å². The lowest BCUT2D eigenvalue weighted by Crippen LogP contribution is -2.07. The van der Waals surface area contributed by atoms with Crippen molar-refractivity contribution >= 4 is 32.2 Å². The van der Waals surface area contributed by atoms with Crippen LogP contribution in [-0.4, -0.2) is 23.6 Å². The van der Waals surface area contributed by atoms with Crippen LogP contribution in [-0.2, 0) is 9.84 Å². The largest absolute Gasteiger partial charge is 0.323 e. The fourth-order valence-electron chi connectivity index (χ4n) is 2.75. The maximum absolute atomic E-state index is 13.2. The van der Waals surface area contributed by atoms with Gasteiger partial charge in [-0.3, -0.25) is 5.10 Å². The number of rotatable bonds is 4. The molecule has 4 aromatic rings. The summed E-state index contributed by atoms with van der Waals surface area (Å²) in [6, 6.07) is 15.3. The second kappa shape index (κ2) is 6.48. The predicted molar refractivity (Wildman–Crippen MR) is 100 cm³/mol. The number of aryl methyl sites for hydroxylation is 1. The minimum atomic E-state index is -3.90. The summed E-state index contributed by atoms with van der Waals surface area (Å²) in [5.74, 6) is 0.401. The first-order chi connectivity index (χ1) is 12.9. The molecule has 0 saturated heterocycles. The Labute approximate surface area is 155 Å². The van der Waals surface area contributed by atoms with Gasteiger partial charge in [0.05, 0.1) is 4.90 Å². The summed E-state index contributed by atoms with van der Waals surface area (Å²) >= 11 is 0. The molecule has 0 aliphatic carbocycles. The highest BCUT2D eigenvalue weighted by atomic mass is 32.2. The van der Waals surface area contributed by atoms with Crippen LogP contribution < -0.4 is 5.32 Å². The molecule has 0 aliphatic rings. The SMILES string of the molecule is Cc1cc(Nc2nc(S(=O)(=O)c3ccc(F)cc3)cc3ccccc23)n[nH]1. The number of sulfone groups is 1. The fourth-order valence-corrected chi connectivity index (χ4v) is 3.97. The molecular formula is C19H15FN4O2S. The number of hydrogen-bond donors (Lipinski definition) is 2. The van der Waals surface area contributed by atoms with E-state index in [1.165, 1.54) is 18.2 Å². The molecule has 2 N–H and O–H groups in total. The average molecular weight is 382 g/mol. The third kappa shape index (κ3) is 3.26. The van der Waals surface area contributed by atoms with E-state index in [0.717, 1.165) is 23.2 Å². The van der Waals surface area contributed by atoms with Crippen LogP contribution in [0.4, 0.5) is 16.0 Å². The van der Waals surface area contributed by atoms with Crippen LogP contribution in [0.25, 0.3) is 10.8 Å². The number of nitrogens with one attached hydrogen (secondary N) is 2. The van der Waals surface area contributed by atoms with Crippen LogP contribution in [0, 0.1) is 12.7 Å². The smallest absolute Gasteiger partial charge is 0.223 e. The van der Waals surface area contributed by atoms with Crippen molar-refractivity contribution in [1.82, 2.24) is 15.2 Å². The van der Waals surface area contributed by atoms with Gasteiger partial charge in [-0.1, -0.05) is 24.3 Å². The van der Waals surface area contributed by atoms with Crippen LogP contribution >= 0.6 is 0 Å². The Hall–Kier alpha value is -3.26. The highest BCUT2D eigenvalue weighted by Crippen LogP contribution is 2.29. The van der Waals surface area contributed by atoms with E-state index < -0.39 is 15.7 Å². The Morgan fingerprint density at radius 2 is 1.78 bits per heavy atom. The summed E-state index contributed by atoms with van der Waals surface area (Å²) in [5, 5.41) is 11.3. The molecule has 0 saturated carbocycles. The van der Waals surface area contributed by atoms with Crippen LogP contribution in [0.1, 0.15) is 5.69 Å². The number of benzene rings is 2. The summed E-state index contributed by atoms with van der Waals surface area (Å²) in [6.45, 7) is 1.86. The third-order valence-electron chi connectivity index (χ3n) is 4.07. The lowest BCUT2D eigenvalue weighted by molar-refractivity contribution is 0.591. The van der Waals surface area contributed by atoms with Gasteiger partial charge in [-0.05, 0) is 42.6 Å². The molecule has 2 aromatic carbocycles. The zero-order valence-electron chi connectivity index (χ0n) is 14.3. The fraction of sp³-hybridized carbons (Fsp3) is 0.0526. The minimum absolute atomic E-state index is 0.0201. The predicted octanol–water partition coefficient (Wildman–Crippen LogP) is 3.98. The number of aromatic nitrogens is 3. The van der Waals surface area contributed by atoms with Crippen molar-refractivity contribution in [2.75, 3.05) is 5.32 Å². The van der Waals surface area contributed by atoms with Gasteiger partial charge in [0.25, 0.3) is 0 Å². The molecule has 27 heavy (non-hydrogen) atoms. The molecule has 0 fully saturated rings. The van der Waals surface area contributed by atoms with Crippen molar-refractivity contribution in [2.45, 2.75) is 16.8 Å². The first-order valence-corrected chi connectivity index (χ1v) is 9.61. The van der Waals surface area contributed by atoms with Crippen molar-refractivity contribution in [3.8, 4) is 0 Å². The summed E-state index contributed by atoms with van der Waals surface area (Å²) in [5.41, 5.74) is 0.858. The molecule has 0 radical (unpaired) electrons. The second-order valence-corrected chi connectivity index (χ2v) is 7.95. The Bertz CT molecular complexity index is 1230. The standard InChI is InChI=1S/C19H15FN4O2S/c1-12-10-17(24-23-12)21-19-16-5-3-2-4-13(16)11-18(22-19)27(25,26)15-8-6-14(20)7-9-15/h2-11H,1H3,(H2,21,22,23,24). The van der Waals surface area contributed by atoms with Gasteiger partial charge in [0.1, 0.15) is 11.6 Å². The van der Waals surface area contributed by atoms with Crippen molar-refractivity contribution in [2.24, 2.45) is 0 Å². The zero-order valence-corrected chi connectivity index (χ0v) is 15.1. The Morgan fingerprint density at radius 1 is 1.04 bits per heavy atom. The quantitative estimate of drug-likeness (QED) is 0.521. The van der Waals surface area contributed by atoms with Crippen molar-refractivity contribution in [3.05, 3.63) is 72.2 Å². The Morgan fingerprint density at radius 3 is 2.48 bits per heavy atom. The third-order valence-corrected chi connectivity index (χ3v) is 5.72. The van der Waals surface area contributed by atoms with E-state index >= 15 is 0 Å². The van der Waals surface area contributed by atoms with E-state index in [2.05, 4.69) is 20.5 Å². The number of halogens is 1. The van der Waals surface area contributed by atoms with E-state index in [0.29, 0.717) is 17.0 Å². The first-order valence-electron chi connectivity index (χ1n) is 8.13. The van der Waals surface area contributed by atoms with E-state index in [4.69, 9.17) is 0 Å². The van der Waals surface area contributed by atoms with Crippen molar-refractivity contribution < 1.29 is 12.8 Å². The van der Waals surface area contributed by atoms with Gasteiger partial charge >= 0.3 is 0 Å². The molecule has 2 aromatic heterocycles. The Kier molecular flexibility index (Phi) is 4.12.